The first-order valence-electron chi connectivity index (χ1n) is 8.28. The van der Waals surface area contributed by atoms with E-state index in [9.17, 15) is 18.0 Å². The van der Waals surface area contributed by atoms with Gasteiger partial charge in [0.2, 0.25) is 0 Å². The molecule has 3 rings (SSSR count). The van der Waals surface area contributed by atoms with Crippen molar-refractivity contribution in [1.82, 2.24) is 0 Å². The van der Waals surface area contributed by atoms with E-state index in [0.29, 0.717) is 5.69 Å². The number of carbonyl (C=O) groups excluding carboxylic acids is 1. The Balaban J connectivity index is 1.75. The summed E-state index contributed by atoms with van der Waals surface area (Å²) in [4.78, 5) is 23.4. The number of carbonyl (C=O) groups is 2. The van der Waals surface area contributed by atoms with Gasteiger partial charge in [-0.2, -0.15) is 0 Å². The van der Waals surface area contributed by atoms with Crippen LogP contribution in [0.5, 0.6) is 0 Å². The predicted octanol–water partition coefficient (Wildman–Crippen LogP) is 4.09. The van der Waals surface area contributed by atoms with Crippen LogP contribution in [-0.4, -0.2) is 25.4 Å². The third-order valence-corrected chi connectivity index (χ3v) is 5.62. The maximum absolute atomic E-state index is 12.4. The highest BCUT2D eigenvalue weighted by molar-refractivity contribution is 7.92. The number of sulfonamides is 1. The molecule has 148 valence electrons. The molecule has 0 saturated carbocycles. The molecule has 0 bridgehead atoms. The van der Waals surface area contributed by atoms with Crippen LogP contribution in [-0.2, 0) is 10.0 Å². The van der Waals surface area contributed by atoms with E-state index in [-0.39, 0.29) is 26.7 Å². The van der Waals surface area contributed by atoms with Crippen LogP contribution in [0.25, 0.3) is 0 Å². The maximum Gasteiger partial charge on any atom is 0.335 e. The Kier molecular flexibility index (Phi) is 5.86. The molecule has 0 aliphatic carbocycles. The van der Waals surface area contributed by atoms with Gasteiger partial charge in [-0.3, -0.25) is 9.52 Å². The SMILES string of the molecule is O=C(O)c1ccc(NC(=O)c2ccc(NS(=O)(=O)c3ccccc3)cc2Cl)cc1. The summed E-state index contributed by atoms with van der Waals surface area (Å²) >= 11 is 6.16. The molecule has 0 spiro atoms. The van der Waals surface area contributed by atoms with Crippen molar-refractivity contribution < 1.29 is 23.1 Å². The molecule has 0 saturated heterocycles. The largest absolute Gasteiger partial charge is 0.478 e. The molecule has 3 aromatic rings. The van der Waals surface area contributed by atoms with Crippen molar-refractivity contribution in [2.75, 3.05) is 10.0 Å². The number of carboxylic acids is 1. The quantitative estimate of drug-likeness (QED) is 0.545. The molecule has 1 amide bonds. The zero-order valence-electron chi connectivity index (χ0n) is 14.8. The van der Waals surface area contributed by atoms with Crippen molar-refractivity contribution >= 4 is 44.9 Å². The lowest BCUT2D eigenvalue weighted by Crippen LogP contribution is -2.15. The van der Waals surface area contributed by atoms with Crippen LogP contribution in [0.3, 0.4) is 0 Å². The molecule has 0 unspecified atom stereocenters. The molecular formula is C20H15ClN2O5S. The van der Waals surface area contributed by atoms with Gasteiger partial charge in [-0.1, -0.05) is 29.8 Å². The summed E-state index contributed by atoms with van der Waals surface area (Å²) in [6, 6.07) is 17.6. The first kappa shape index (κ1) is 20.4. The highest BCUT2D eigenvalue weighted by atomic mass is 35.5. The van der Waals surface area contributed by atoms with Crippen LogP contribution in [0.4, 0.5) is 11.4 Å². The Bertz CT molecular complexity index is 1160. The minimum atomic E-state index is -3.78. The summed E-state index contributed by atoms with van der Waals surface area (Å²) in [7, 11) is -3.78. The third-order valence-electron chi connectivity index (χ3n) is 3.91. The highest BCUT2D eigenvalue weighted by Gasteiger charge is 2.16. The lowest BCUT2D eigenvalue weighted by atomic mass is 10.1. The van der Waals surface area contributed by atoms with Crippen LogP contribution in [0.1, 0.15) is 20.7 Å². The average Bonchev–Trinajstić information content (AvgIpc) is 2.69. The van der Waals surface area contributed by atoms with Crippen molar-refractivity contribution in [2.45, 2.75) is 4.90 Å². The molecule has 0 heterocycles. The Morgan fingerprint density at radius 1 is 0.862 bits per heavy atom. The van der Waals surface area contributed by atoms with Gasteiger partial charge in [-0.05, 0) is 54.6 Å². The van der Waals surface area contributed by atoms with E-state index in [1.54, 1.807) is 18.2 Å². The van der Waals surface area contributed by atoms with Gasteiger partial charge in [-0.15, -0.1) is 0 Å². The molecule has 3 N–H and O–H groups in total. The van der Waals surface area contributed by atoms with Crippen molar-refractivity contribution in [2.24, 2.45) is 0 Å². The summed E-state index contributed by atoms with van der Waals surface area (Å²) in [6.45, 7) is 0. The second kappa shape index (κ2) is 8.34. The molecular weight excluding hydrogens is 416 g/mol. The fraction of sp³-hybridized carbons (Fsp3) is 0. The number of benzene rings is 3. The molecule has 0 atom stereocenters. The first-order valence-corrected chi connectivity index (χ1v) is 10.1. The lowest BCUT2D eigenvalue weighted by Gasteiger charge is -2.11. The topological polar surface area (TPSA) is 113 Å². The van der Waals surface area contributed by atoms with Crippen LogP contribution < -0.4 is 10.0 Å². The number of anilines is 2. The van der Waals surface area contributed by atoms with Gasteiger partial charge in [0, 0.05) is 5.69 Å². The summed E-state index contributed by atoms with van der Waals surface area (Å²) in [5.74, 6) is -1.59. The second-order valence-electron chi connectivity index (χ2n) is 5.95. The molecule has 0 fully saturated rings. The molecule has 0 aliphatic rings. The predicted molar refractivity (Wildman–Crippen MR) is 110 cm³/mol. The van der Waals surface area contributed by atoms with E-state index in [4.69, 9.17) is 16.7 Å². The number of aromatic carboxylic acids is 1. The van der Waals surface area contributed by atoms with Crippen molar-refractivity contribution in [3.63, 3.8) is 0 Å². The van der Waals surface area contributed by atoms with Crippen LogP contribution >= 0.6 is 11.6 Å². The zero-order valence-corrected chi connectivity index (χ0v) is 16.4. The third kappa shape index (κ3) is 4.92. The Labute approximate surface area is 172 Å². The summed E-state index contributed by atoms with van der Waals surface area (Å²) in [6.07, 6.45) is 0. The average molecular weight is 431 g/mol. The lowest BCUT2D eigenvalue weighted by molar-refractivity contribution is 0.0696. The van der Waals surface area contributed by atoms with E-state index in [1.165, 1.54) is 54.6 Å². The number of hydrogen-bond donors (Lipinski definition) is 3. The number of amides is 1. The monoisotopic (exact) mass is 430 g/mol. The normalized spacial score (nSPS) is 10.9. The van der Waals surface area contributed by atoms with E-state index in [1.807, 2.05) is 0 Å². The molecule has 9 heteroatoms. The number of hydrogen-bond acceptors (Lipinski definition) is 4. The van der Waals surface area contributed by atoms with Gasteiger partial charge in [0.15, 0.2) is 0 Å². The number of carboxylic acid groups (broad SMARTS) is 1. The van der Waals surface area contributed by atoms with E-state index < -0.39 is 21.9 Å². The van der Waals surface area contributed by atoms with Crippen LogP contribution in [0.15, 0.2) is 77.7 Å². The molecule has 0 radical (unpaired) electrons. The molecule has 7 nitrogen and oxygen atoms in total. The molecule has 3 aromatic carbocycles. The summed E-state index contributed by atoms with van der Waals surface area (Å²) < 4.78 is 27.2. The van der Waals surface area contributed by atoms with Gasteiger partial charge in [0.05, 0.1) is 26.7 Å². The summed E-state index contributed by atoms with van der Waals surface area (Å²) in [5, 5.41) is 11.6. The Hall–Kier alpha value is -3.36. The minimum Gasteiger partial charge on any atom is -0.478 e. The smallest absolute Gasteiger partial charge is 0.335 e. The number of nitrogens with one attached hydrogen (secondary N) is 2. The van der Waals surface area contributed by atoms with Crippen molar-refractivity contribution in [1.29, 1.82) is 0 Å². The van der Waals surface area contributed by atoms with E-state index >= 15 is 0 Å². The highest BCUT2D eigenvalue weighted by Crippen LogP contribution is 2.24. The molecule has 0 aromatic heterocycles. The van der Waals surface area contributed by atoms with Gasteiger partial charge in [0.25, 0.3) is 15.9 Å². The fourth-order valence-corrected chi connectivity index (χ4v) is 3.81. The fourth-order valence-electron chi connectivity index (χ4n) is 2.47. The molecule has 0 aliphatic heterocycles. The van der Waals surface area contributed by atoms with Crippen LogP contribution in [0.2, 0.25) is 5.02 Å². The first-order chi connectivity index (χ1) is 13.8. The second-order valence-corrected chi connectivity index (χ2v) is 8.04. The molecule has 29 heavy (non-hydrogen) atoms. The number of halogens is 1. The van der Waals surface area contributed by atoms with Gasteiger partial charge >= 0.3 is 5.97 Å². The Morgan fingerprint density at radius 2 is 1.48 bits per heavy atom. The maximum atomic E-state index is 12.4. The summed E-state index contributed by atoms with van der Waals surface area (Å²) in [5.41, 5.74) is 0.832. The van der Waals surface area contributed by atoms with Crippen molar-refractivity contribution in [3.05, 3.63) is 88.9 Å². The number of rotatable bonds is 6. The van der Waals surface area contributed by atoms with E-state index in [2.05, 4.69) is 10.0 Å². The van der Waals surface area contributed by atoms with Crippen molar-refractivity contribution in [3.8, 4) is 0 Å². The van der Waals surface area contributed by atoms with Gasteiger partial charge in [0.1, 0.15) is 0 Å². The van der Waals surface area contributed by atoms with E-state index in [0.717, 1.165) is 0 Å². The standard InChI is InChI=1S/C20H15ClN2O5S/c21-18-12-15(23-29(27,28)16-4-2-1-3-5-16)10-11-17(18)19(24)22-14-8-6-13(7-9-14)20(25)26/h1-12,23H,(H,22,24)(H,25,26). The minimum absolute atomic E-state index is 0.0536. The van der Waals surface area contributed by atoms with Crippen LogP contribution in [0, 0.1) is 0 Å². The van der Waals surface area contributed by atoms with Gasteiger partial charge < -0.3 is 10.4 Å². The van der Waals surface area contributed by atoms with Gasteiger partial charge in [-0.25, -0.2) is 13.2 Å². The zero-order chi connectivity index (χ0) is 21.0. The Morgan fingerprint density at radius 3 is 2.07 bits per heavy atom.